The Morgan fingerprint density at radius 2 is 1.65 bits per heavy atom. The van der Waals surface area contributed by atoms with Gasteiger partial charge in [0.1, 0.15) is 11.6 Å². The fourth-order valence-electron chi connectivity index (χ4n) is 3.30. The molecule has 0 aliphatic carbocycles. The molecule has 0 atom stereocenters. The molecule has 34 heavy (non-hydrogen) atoms. The van der Waals surface area contributed by atoms with Crippen molar-refractivity contribution in [1.82, 2.24) is 4.90 Å². The van der Waals surface area contributed by atoms with Crippen LogP contribution in [0.4, 0.5) is 20.2 Å². The topological polar surface area (TPSA) is 119 Å². The molecule has 0 saturated heterocycles. The van der Waals surface area contributed by atoms with Gasteiger partial charge in [0.2, 0.25) is 0 Å². The summed E-state index contributed by atoms with van der Waals surface area (Å²) in [5.74, 6) is -2.71. The number of benzene rings is 3. The standard InChI is InChI=1S/C24H22F2N4O4/c25-19-12-18(13-20(26)14-19)24(32)29(10-2-9-27)15-16-3-1-4-21(11-16)28-23(31)17-5-7-22(8-6-17)30(33)34/h1,3-8,11-14H,2,9-10,15,27H2,(H,28,31). The summed E-state index contributed by atoms with van der Waals surface area (Å²) in [4.78, 5) is 37.1. The monoisotopic (exact) mass is 468 g/mol. The first-order valence-electron chi connectivity index (χ1n) is 10.4. The summed E-state index contributed by atoms with van der Waals surface area (Å²) in [6.07, 6.45) is 0.486. The summed E-state index contributed by atoms with van der Waals surface area (Å²) in [6.45, 7) is 0.720. The first-order valence-corrected chi connectivity index (χ1v) is 10.4. The van der Waals surface area contributed by atoms with Gasteiger partial charge < -0.3 is 16.0 Å². The van der Waals surface area contributed by atoms with Crippen molar-refractivity contribution in [2.45, 2.75) is 13.0 Å². The molecule has 0 heterocycles. The van der Waals surface area contributed by atoms with Crippen LogP contribution < -0.4 is 11.1 Å². The number of non-ortho nitro benzene ring substituents is 1. The van der Waals surface area contributed by atoms with E-state index in [0.29, 0.717) is 30.3 Å². The molecule has 0 aliphatic heterocycles. The summed E-state index contributed by atoms with van der Waals surface area (Å²) in [5, 5.41) is 13.5. The minimum absolute atomic E-state index is 0.114. The summed E-state index contributed by atoms with van der Waals surface area (Å²) >= 11 is 0. The number of carbonyl (C=O) groups excluding carboxylic acids is 2. The van der Waals surface area contributed by atoms with Crippen molar-refractivity contribution in [3.8, 4) is 0 Å². The molecule has 0 radical (unpaired) electrons. The van der Waals surface area contributed by atoms with Gasteiger partial charge in [-0.25, -0.2) is 8.78 Å². The first-order chi connectivity index (χ1) is 16.3. The lowest BCUT2D eigenvalue weighted by atomic mass is 10.1. The molecule has 8 nitrogen and oxygen atoms in total. The summed E-state index contributed by atoms with van der Waals surface area (Å²) in [6, 6.07) is 14.6. The van der Waals surface area contributed by atoms with E-state index in [4.69, 9.17) is 5.73 Å². The number of anilines is 1. The highest BCUT2D eigenvalue weighted by Crippen LogP contribution is 2.18. The van der Waals surface area contributed by atoms with Crippen molar-refractivity contribution >= 4 is 23.2 Å². The van der Waals surface area contributed by atoms with Crippen molar-refractivity contribution in [1.29, 1.82) is 0 Å². The number of nitrogens with two attached hydrogens (primary N) is 1. The van der Waals surface area contributed by atoms with Gasteiger partial charge in [0.15, 0.2) is 0 Å². The number of hydrogen-bond acceptors (Lipinski definition) is 5. The van der Waals surface area contributed by atoms with Gasteiger partial charge >= 0.3 is 0 Å². The van der Waals surface area contributed by atoms with E-state index in [1.165, 1.54) is 29.2 Å². The Balaban J connectivity index is 1.75. The number of nitrogens with one attached hydrogen (secondary N) is 1. The molecule has 176 valence electrons. The van der Waals surface area contributed by atoms with Gasteiger partial charge in [-0.1, -0.05) is 12.1 Å². The van der Waals surface area contributed by atoms with Crippen LogP contribution in [-0.2, 0) is 6.54 Å². The summed E-state index contributed by atoms with van der Waals surface area (Å²) in [7, 11) is 0. The maximum Gasteiger partial charge on any atom is 0.269 e. The van der Waals surface area contributed by atoms with E-state index in [9.17, 15) is 28.5 Å². The number of rotatable bonds is 9. The lowest BCUT2D eigenvalue weighted by molar-refractivity contribution is -0.384. The molecule has 0 aromatic heterocycles. The van der Waals surface area contributed by atoms with Crippen LogP contribution in [-0.4, -0.2) is 34.7 Å². The van der Waals surface area contributed by atoms with Crippen LogP contribution in [0.2, 0.25) is 0 Å². The third kappa shape index (κ3) is 6.42. The highest BCUT2D eigenvalue weighted by atomic mass is 19.1. The van der Waals surface area contributed by atoms with Crippen LogP contribution in [0.3, 0.4) is 0 Å². The van der Waals surface area contributed by atoms with Crippen LogP contribution in [0.5, 0.6) is 0 Å². The second-order valence-corrected chi connectivity index (χ2v) is 7.49. The maximum absolute atomic E-state index is 13.6. The molecule has 10 heteroatoms. The normalized spacial score (nSPS) is 10.6. The zero-order valence-electron chi connectivity index (χ0n) is 18.0. The fraction of sp³-hybridized carbons (Fsp3) is 0.167. The van der Waals surface area contributed by atoms with Crippen LogP contribution in [0.1, 0.15) is 32.7 Å². The van der Waals surface area contributed by atoms with Crippen LogP contribution in [0, 0.1) is 21.7 Å². The third-order valence-corrected chi connectivity index (χ3v) is 4.93. The smallest absolute Gasteiger partial charge is 0.269 e. The van der Waals surface area contributed by atoms with Gasteiger partial charge in [-0.3, -0.25) is 19.7 Å². The van der Waals surface area contributed by atoms with E-state index in [2.05, 4.69) is 5.32 Å². The molecule has 0 fully saturated rings. The van der Waals surface area contributed by atoms with Crippen molar-refractivity contribution < 1.29 is 23.3 Å². The maximum atomic E-state index is 13.6. The van der Waals surface area contributed by atoms with Gasteiger partial charge in [-0.2, -0.15) is 0 Å². The molecule has 3 N–H and O–H groups in total. The number of hydrogen-bond donors (Lipinski definition) is 2. The van der Waals surface area contributed by atoms with Crippen LogP contribution >= 0.6 is 0 Å². The van der Waals surface area contributed by atoms with Crippen molar-refractivity contribution in [3.05, 3.63) is 105 Å². The predicted octanol–water partition coefficient (Wildman–Crippen LogP) is 4.12. The van der Waals surface area contributed by atoms with E-state index >= 15 is 0 Å². The van der Waals surface area contributed by atoms with Crippen LogP contribution in [0.25, 0.3) is 0 Å². The number of nitro groups is 1. The second kappa shape index (κ2) is 11.1. The molecule has 0 bridgehead atoms. The number of nitrogens with zero attached hydrogens (tertiary/aromatic N) is 2. The van der Waals surface area contributed by atoms with Gasteiger partial charge in [-0.15, -0.1) is 0 Å². The molecule has 0 aliphatic rings. The molecule has 2 amide bonds. The second-order valence-electron chi connectivity index (χ2n) is 7.49. The average Bonchev–Trinajstić information content (AvgIpc) is 2.81. The van der Waals surface area contributed by atoms with Gasteiger partial charge in [0.25, 0.3) is 17.5 Å². The quantitative estimate of drug-likeness (QED) is 0.362. The Bertz CT molecular complexity index is 1180. The first kappa shape index (κ1) is 24.5. The molecule has 3 aromatic carbocycles. The Kier molecular flexibility index (Phi) is 7.99. The highest BCUT2D eigenvalue weighted by Gasteiger charge is 2.18. The molecule has 0 unspecified atom stereocenters. The Morgan fingerprint density at radius 1 is 0.971 bits per heavy atom. The Hall–Kier alpha value is -4.18. The van der Waals surface area contributed by atoms with Gasteiger partial charge in [-0.05, 0) is 54.9 Å². The Labute approximate surface area is 194 Å². The molecule has 3 aromatic rings. The van der Waals surface area contributed by atoms with Crippen LogP contribution in [0.15, 0.2) is 66.7 Å². The fourth-order valence-corrected chi connectivity index (χ4v) is 3.30. The third-order valence-electron chi connectivity index (χ3n) is 4.93. The summed E-state index contributed by atoms with van der Waals surface area (Å²) in [5.41, 5.74) is 6.69. The number of amides is 2. The number of nitro benzene ring substituents is 1. The zero-order chi connectivity index (χ0) is 24.7. The molecular weight excluding hydrogens is 446 g/mol. The van der Waals surface area contributed by atoms with E-state index in [0.717, 1.165) is 12.1 Å². The van der Waals surface area contributed by atoms with Crippen molar-refractivity contribution in [2.75, 3.05) is 18.4 Å². The zero-order valence-corrected chi connectivity index (χ0v) is 18.0. The summed E-state index contributed by atoms with van der Waals surface area (Å²) < 4.78 is 27.2. The minimum Gasteiger partial charge on any atom is -0.334 e. The lowest BCUT2D eigenvalue weighted by Gasteiger charge is -2.23. The van der Waals surface area contributed by atoms with E-state index in [1.54, 1.807) is 24.3 Å². The molecule has 0 saturated carbocycles. The van der Waals surface area contributed by atoms with E-state index in [-0.39, 0.29) is 29.9 Å². The highest BCUT2D eigenvalue weighted by molar-refractivity contribution is 6.04. The van der Waals surface area contributed by atoms with Crippen molar-refractivity contribution in [3.63, 3.8) is 0 Å². The van der Waals surface area contributed by atoms with Crippen molar-refractivity contribution in [2.24, 2.45) is 5.73 Å². The number of halogens is 2. The lowest BCUT2D eigenvalue weighted by Crippen LogP contribution is -2.32. The number of carbonyl (C=O) groups is 2. The molecule has 3 rings (SSSR count). The van der Waals surface area contributed by atoms with Gasteiger partial charge in [0.05, 0.1) is 4.92 Å². The largest absolute Gasteiger partial charge is 0.334 e. The van der Waals surface area contributed by atoms with E-state index < -0.39 is 28.4 Å². The predicted molar refractivity (Wildman–Crippen MR) is 122 cm³/mol. The van der Waals surface area contributed by atoms with E-state index in [1.807, 2.05) is 0 Å². The molecule has 0 spiro atoms. The Morgan fingerprint density at radius 3 is 2.26 bits per heavy atom. The molecular formula is C24H22F2N4O4. The average molecular weight is 468 g/mol. The van der Waals surface area contributed by atoms with Gasteiger partial charge in [0, 0.05) is 48.1 Å². The minimum atomic E-state index is -0.849. The SMILES string of the molecule is NCCCN(Cc1cccc(NC(=O)c2ccc([N+](=O)[O-])cc2)c1)C(=O)c1cc(F)cc(F)c1.